The van der Waals surface area contributed by atoms with Crippen LogP contribution in [0.5, 0.6) is 0 Å². The molecule has 0 fully saturated rings. The largest absolute Gasteiger partial charge is 0.395 e. The Kier molecular flexibility index (Phi) is 3.59. The molecule has 0 aliphatic heterocycles. The van der Waals surface area contributed by atoms with E-state index in [1.165, 1.54) is 16.7 Å². The van der Waals surface area contributed by atoms with Crippen LogP contribution in [0, 0.1) is 0 Å². The first kappa shape index (κ1) is 13.6. The van der Waals surface area contributed by atoms with Gasteiger partial charge in [0.05, 0.1) is 6.61 Å². The minimum atomic E-state index is -0.228. The zero-order chi connectivity index (χ0) is 14.8. The smallest absolute Gasteiger partial charge is 0.251 e. The lowest BCUT2D eigenvalue weighted by Gasteiger charge is -2.11. The number of carbonyl (C=O) groups excluding carboxylic acids is 1. The highest BCUT2D eigenvalue weighted by Gasteiger charge is 2.22. The van der Waals surface area contributed by atoms with Gasteiger partial charge in [-0.3, -0.25) is 4.79 Å². The Labute approximate surface area is 123 Å². The van der Waals surface area contributed by atoms with Crippen LogP contribution in [-0.2, 0) is 11.2 Å². The van der Waals surface area contributed by atoms with Crippen molar-refractivity contribution >= 4 is 11.5 Å². The van der Waals surface area contributed by atoms with Crippen LogP contribution < -0.4 is 5.32 Å². The molecule has 2 aromatic rings. The number of rotatable bonds is 4. The Morgan fingerprint density at radius 3 is 2.71 bits per heavy atom. The van der Waals surface area contributed by atoms with E-state index in [0.717, 1.165) is 17.5 Å². The van der Waals surface area contributed by atoms with Crippen LogP contribution in [0.3, 0.4) is 0 Å². The lowest BCUT2D eigenvalue weighted by atomic mass is 9.96. The molecule has 1 amide bonds. The minimum absolute atomic E-state index is 0.0721. The quantitative estimate of drug-likeness (QED) is 0.720. The number of nitrogens with one attached hydrogen (secondary N) is 1. The summed E-state index contributed by atoms with van der Waals surface area (Å²) in [5, 5.41) is 11.5. The van der Waals surface area contributed by atoms with E-state index < -0.39 is 0 Å². The SMILES string of the molecule is C=C(C(=O)NCCO)c1cccc2c1Cc1ccccc1-2. The van der Waals surface area contributed by atoms with Crippen LogP contribution in [0.4, 0.5) is 0 Å². The third-order valence-corrected chi connectivity index (χ3v) is 3.85. The molecular weight excluding hydrogens is 262 g/mol. The molecular formula is C18H17NO2. The molecule has 0 atom stereocenters. The molecule has 0 bridgehead atoms. The predicted molar refractivity (Wildman–Crippen MR) is 83.8 cm³/mol. The number of carbonyl (C=O) groups is 1. The van der Waals surface area contributed by atoms with Gasteiger partial charge >= 0.3 is 0 Å². The highest BCUT2D eigenvalue weighted by Crippen LogP contribution is 2.39. The van der Waals surface area contributed by atoms with Crippen LogP contribution in [0.1, 0.15) is 16.7 Å². The lowest BCUT2D eigenvalue weighted by molar-refractivity contribution is -0.115. The Morgan fingerprint density at radius 2 is 1.90 bits per heavy atom. The molecule has 2 N–H and O–H groups in total. The molecule has 2 aromatic carbocycles. The molecule has 0 heterocycles. The predicted octanol–water partition coefficient (Wildman–Crippen LogP) is 2.38. The second kappa shape index (κ2) is 5.54. The molecule has 0 saturated heterocycles. The molecule has 0 saturated carbocycles. The fourth-order valence-electron chi connectivity index (χ4n) is 2.84. The number of hydrogen-bond donors (Lipinski definition) is 2. The van der Waals surface area contributed by atoms with Crippen molar-refractivity contribution in [3.63, 3.8) is 0 Å². The maximum atomic E-state index is 12.1. The Balaban J connectivity index is 1.97. The molecule has 0 radical (unpaired) electrons. The van der Waals surface area contributed by atoms with Gasteiger partial charge in [0, 0.05) is 12.1 Å². The maximum Gasteiger partial charge on any atom is 0.251 e. The first-order valence-corrected chi connectivity index (χ1v) is 7.01. The summed E-state index contributed by atoms with van der Waals surface area (Å²) < 4.78 is 0. The van der Waals surface area contributed by atoms with Gasteiger partial charge in [0.2, 0.25) is 0 Å². The number of hydrogen-bond acceptors (Lipinski definition) is 2. The number of fused-ring (bicyclic) bond motifs is 3. The van der Waals surface area contributed by atoms with Gasteiger partial charge in [-0.05, 0) is 34.2 Å². The maximum absolute atomic E-state index is 12.1. The third kappa shape index (κ3) is 2.36. The summed E-state index contributed by atoms with van der Waals surface area (Å²) >= 11 is 0. The van der Waals surface area contributed by atoms with Crippen molar-refractivity contribution in [2.45, 2.75) is 6.42 Å². The second-order valence-corrected chi connectivity index (χ2v) is 5.12. The van der Waals surface area contributed by atoms with Crippen molar-refractivity contribution in [1.82, 2.24) is 5.32 Å². The van der Waals surface area contributed by atoms with E-state index >= 15 is 0 Å². The third-order valence-electron chi connectivity index (χ3n) is 3.85. The first-order valence-electron chi connectivity index (χ1n) is 7.01. The van der Waals surface area contributed by atoms with Crippen molar-refractivity contribution in [3.8, 4) is 11.1 Å². The molecule has 0 spiro atoms. The van der Waals surface area contributed by atoms with E-state index in [1.807, 2.05) is 24.3 Å². The number of aliphatic hydroxyl groups excluding tert-OH is 1. The zero-order valence-corrected chi connectivity index (χ0v) is 11.7. The van der Waals surface area contributed by atoms with Crippen LogP contribution in [0.25, 0.3) is 16.7 Å². The van der Waals surface area contributed by atoms with Gasteiger partial charge in [-0.15, -0.1) is 0 Å². The Bertz CT molecular complexity index is 719. The molecule has 1 aliphatic rings. The molecule has 21 heavy (non-hydrogen) atoms. The molecule has 3 nitrogen and oxygen atoms in total. The molecule has 0 unspecified atom stereocenters. The number of amides is 1. The van der Waals surface area contributed by atoms with E-state index in [0.29, 0.717) is 5.57 Å². The molecule has 0 aromatic heterocycles. The minimum Gasteiger partial charge on any atom is -0.395 e. The summed E-state index contributed by atoms with van der Waals surface area (Å²) in [7, 11) is 0. The van der Waals surface area contributed by atoms with E-state index in [4.69, 9.17) is 5.11 Å². The van der Waals surface area contributed by atoms with Crippen LogP contribution in [-0.4, -0.2) is 24.2 Å². The Morgan fingerprint density at radius 1 is 1.14 bits per heavy atom. The van der Waals surface area contributed by atoms with E-state index in [9.17, 15) is 4.79 Å². The summed E-state index contributed by atoms with van der Waals surface area (Å²) in [5.41, 5.74) is 6.19. The monoisotopic (exact) mass is 279 g/mol. The first-order chi connectivity index (χ1) is 10.2. The lowest BCUT2D eigenvalue weighted by Crippen LogP contribution is -2.27. The van der Waals surface area contributed by atoms with E-state index in [-0.39, 0.29) is 19.1 Å². The van der Waals surface area contributed by atoms with Crippen molar-refractivity contribution < 1.29 is 9.90 Å². The second-order valence-electron chi connectivity index (χ2n) is 5.12. The van der Waals surface area contributed by atoms with Gasteiger partial charge in [0.25, 0.3) is 5.91 Å². The van der Waals surface area contributed by atoms with Gasteiger partial charge < -0.3 is 10.4 Å². The summed E-state index contributed by atoms with van der Waals surface area (Å²) in [5.74, 6) is -0.228. The van der Waals surface area contributed by atoms with Gasteiger partial charge in [-0.25, -0.2) is 0 Å². The zero-order valence-electron chi connectivity index (χ0n) is 11.7. The summed E-state index contributed by atoms with van der Waals surface area (Å²) in [6.45, 7) is 4.10. The Hall–Kier alpha value is -2.39. The van der Waals surface area contributed by atoms with Gasteiger partial charge in [-0.2, -0.15) is 0 Å². The van der Waals surface area contributed by atoms with Crippen molar-refractivity contribution in [2.75, 3.05) is 13.2 Å². The summed E-state index contributed by atoms with van der Waals surface area (Å²) in [4.78, 5) is 12.1. The van der Waals surface area contributed by atoms with Crippen LogP contribution >= 0.6 is 0 Å². The summed E-state index contributed by atoms with van der Waals surface area (Å²) in [6.07, 6.45) is 0.827. The normalized spacial score (nSPS) is 11.7. The van der Waals surface area contributed by atoms with Crippen molar-refractivity contribution in [1.29, 1.82) is 0 Å². The standard InChI is InChI=1S/C18H17NO2/c1-12(18(21)19-9-10-20)14-7-4-8-16-15-6-3-2-5-13(15)11-17(14)16/h2-8,20H,1,9-11H2,(H,19,21). The topological polar surface area (TPSA) is 49.3 Å². The van der Waals surface area contributed by atoms with Crippen LogP contribution in [0.15, 0.2) is 49.0 Å². The highest BCUT2D eigenvalue weighted by atomic mass is 16.3. The van der Waals surface area contributed by atoms with Gasteiger partial charge in [0.15, 0.2) is 0 Å². The average Bonchev–Trinajstić information content (AvgIpc) is 2.90. The van der Waals surface area contributed by atoms with Crippen molar-refractivity contribution in [3.05, 3.63) is 65.7 Å². The summed E-state index contributed by atoms with van der Waals surface area (Å²) in [6, 6.07) is 14.3. The average molecular weight is 279 g/mol. The van der Waals surface area contributed by atoms with E-state index in [1.54, 1.807) is 0 Å². The molecule has 106 valence electrons. The highest BCUT2D eigenvalue weighted by molar-refractivity contribution is 6.19. The number of benzene rings is 2. The molecule has 3 rings (SSSR count). The van der Waals surface area contributed by atoms with E-state index in [2.05, 4.69) is 30.1 Å². The van der Waals surface area contributed by atoms with Gasteiger partial charge in [0.1, 0.15) is 0 Å². The van der Waals surface area contributed by atoms with Crippen molar-refractivity contribution in [2.24, 2.45) is 0 Å². The van der Waals surface area contributed by atoms with Gasteiger partial charge in [-0.1, -0.05) is 49.0 Å². The molecule has 1 aliphatic carbocycles. The number of aliphatic hydroxyl groups is 1. The molecule has 3 heteroatoms. The fraction of sp³-hybridized carbons (Fsp3) is 0.167. The fourth-order valence-corrected chi connectivity index (χ4v) is 2.84. The van der Waals surface area contributed by atoms with Crippen LogP contribution in [0.2, 0.25) is 0 Å².